The van der Waals surface area contributed by atoms with Crippen LogP contribution in [0.1, 0.15) is 55.6 Å². The molecule has 0 spiro atoms. The monoisotopic (exact) mass is 310 g/mol. The van der Waals surface area contributed by atoms with Gasteiger partial charge in [0.05, 0.1) is 0 Å². The third-order valence-electron chi connectivity index (χ3n) is 3.97. The molecule has 5 nitrogen and oxygen atoms in total. The molecule has 0 unspecified atom stereocenters. The number of aromatic nitrogens is 1. The van der Waals surface area contributed by atoms with E-state index in [9.17, 15) is 4.79 Å². The number of likely N-dealkylation sites (tertiary alicyclic amines) is 1. The van der Waals surface area contributed by atoms with Gasteiger partial charge in [-0.15, -0.1) is 0 Å². The van der Waals surface area contributed by atoms with E-state index in [1.807, 2.05) is 4.90 Å². The number of nitrogens with two attached hydrogens (primary N) is 1. The van der Waals surface area contributed by atoms with Crippen molar-refractivity contribution < 1.29 is 4.79 Å². The van der Waals surface area contributed by atoms with Crippen molar-refractivity contribution in [1.82, 2.24) is 9.88 Å². The Morgan fingerprint density at radius 2 is 2.10 bits per heavy atom. The number of carbonyl (C=O) groups is 1. The number of amides is 1. The molecule has 6 heteroatoms. The second-order valence-electron chi connectivity index (χ2n) is 5.68. The fourth-order valence-corrected chi connectivity index (χ4v) is 3.65. The lowest BCUT2D eigenvalue weighted by molar-refractivity contribution is 0.0692. The van der Waals surface area contributed by atoms with Crippen LogP contribution in [0.5, 0.6) is 0 Å². The van der Waals surface area contributed by atoms with Crippen LogP contribution in [0, 0.1) is 5.92 Å². The molecule has 1 aliphatic rings. The molecule has 0 saturated carbocycles. The lowest BCUT2D eigenvalue weighted by Crippen LogP contribution is -2.38. The Balaban J connectivity index is 1.95. The molecule has 2 rings (SSSR count). The molecule has 1 aromatic heterocycles. The van der Waals surface area contributed by atoms with Gasteiger partial charge in [-0.05, 0) is 25.2 Å². The molecule has 2 heterocycles. The first-order valence-electron chi connectivity index (χ1n) is 7.95. The molecule has 21 heavy (non-hydrogen) atoms. The Morgan fingerprint density at radius 1 is 1.38 bits per heavy atom. The van der Waals surface area contributed by atoms with Crippen molar-refractivity contribution in [3.05, 3.63) is 4.88 Å². The zero-order valence-corrected chi connectivity index (χ0v) is 13.8. The zero-order valence-electron chi connectivity index (χ0n) is 13.0. The van der Waals surface area contributed by atoms with Crippen LogP contribution in [-0.2, 0) is 0 Å². The second-order valence-corrected chi connectivity index (χ2v) is 6.68. The number of nitrogens with zero attached hydrogens (tertiary/aromatic N) is 2. The Hall–Kier alpha value is -1.30. The number of piperidine rings is 1. The van der Waals surface area contributed by atoms with Crippen LogP contribution in [-0.4, -0.2) is 35.4 Å². The molecule has 0 bridgehead atoms. The maximum absolute atomic E-state index is 12.6. The van der Waals surface area contributed by atoms with Gasteiger partial charge in [-0.25, -0.2) is 4.98 Å². The van der Waals surface area contributed by atoms with Crippen LogP contribution >= 0.6 is 11.3 Å². The van der Waals surface area contributed by atoms with E-state index in [0.717, 1.165) is 49.9 Å². The average Bonchev–Trinajstić information content (AvgIpc) is 2.86. The highest BCUT2D eigenvalue weighted by Crippen LogP contribution is 2.29. The minimum Gasteiger partial charge on any atom is -0.382 e. The van der Waals surface area contributed by atoms with Crippen molar-refractivity contribution in [1.29, 1.82) is 0 Å². The minimum absolute atomic E-state index is 0.0458. The van der Waals surface area contributed by atoms with E-state index in [2.05, 4.69) is 24.1 Å². The quantitative estimate of drug-likeness (QED) is 0.846. The van der Waals surface area contributed by atoms with Crippen molar-refractivity contribution >= 4 is 28.2 Å². The lowest BCUT2D eigenvalue weighted by atomic mass is 9.92. The van der Waals surface area contributed by atoms with Crippen molar-refractivity contribution in [2.75, 3.05) is 30.7 Å². The van der Waals surface area contributed by atoms with Gasteiger partial charge in [0.25, 0.3) is 5.91 Å². The summed E-state index contributed by atoms with van der Waals surface area (Å²) in [4.78, 5) is 19.3. The summed E-state index contributed by atoms with van der Waals surface area (Å²) in [7, 11) is 0. The van der Waals surface area contributed by atoms with Gasteiger partial charge in [0.2, 0.25) is 0 Å². The highest BCUT2D eigenvalue weighted by molar-refractivity contribution is 7.18. The molecule has 3 N–H and O–H groups in total. The van der Waals surface area contributed by atoms with E-state index in [1.165, 1.54) is 24.2 Å². The largest absolute Gasteiger partial charge is 0.382 e. The molecule has 118 valence electrons. The van der Waals surface area contributed by atoms with E-state index in [4.69, 9.17) is 5.73 Å². The van der Waals surface area contributed by atoms with Crippen LogP contribution < -0.4 is 11.1 Å². The molecule has 0 aliphatic carbocycles. The first kappa shape index (κ1) is 16.1. The van der Waals surface area contributed by atoms with E-state index >= 15 is 0 Å². The number of carbonyl (C=O) groups excluding carboxylic acids is 1. The number of hydrogen-bond acceptors (Lipinski definition) is 5. The molecule has 1 fully saturated rings. The standard InChI is InChI=1S/C15H26N4OS/c1-3-5-11-6-9-19(10-7-11)14(20)12-13(16)18-15(21-12)17-8-4-2/h11H,3-10,16H2,1-2H3,(H,17,18). The predicted octanol–water partition coefficient (Wildman–Crippen LogP) is 3.20. The maximum Gasteiger partial charge on any atom is 0.267 e. The van der Waals surface area contributed by atoms with Gasteiger partial charge in [0.15, 0.2) is 5.13 Å². The highest BCUT2D eigenvalue weighted by atomic mass is 32.1. The summed E-state index contributed by atoms with van der Waals surface area (Å²) in [5.74, 6) is 1.18. The van der Waals surface area contributed by atoms with Gasteiger partial charge in [-0.1, -0.05) is 38.0 Å². The van der Waals surface area contributed by atoms with Crippen LogP contribution in [0.2, 0.25) is 0 Å². The number of nitrogen functional groups attached to an aromatic ring is 1. The van der Waals surface area contributed by atoms with Gasteiger partial charge < -0.3 is 16.0 Å². The smallest absolute Gasteiger partial charge is 0.267 e. The molecule has 1 amide bonds. The zero-order chi connectivity index (χ0) is 15.2. The van der Waals surface area contributed by atoms with E-state index in [-0.39, 0.29) is 5.91 Å². The summed E-state index contributed by atoms with van der Waals surface area (Å²) in [6, 6.07) is 0. The van der Waals surface area contributed by atoms with Crippen LogP contribution in [0.3, 0.4) is 0 Å². The Kier molecular flexibility index (Phi) is 5.85. The molecule has 1 aliphatic heterocycles. The number of anilines is 2. The summed E-state index contributed by atoms with van der Waals surface area (Å²) < 4.78 is 0. The normalized spacial score (nSPS) is 16.2. The summed E-state index contributed by atoms with van der Waals surface area (Å²) >= 11 is 1.37. The highest BCUT2D eigenvalue weighted by Gasteiger charge is 2.26. The third kappa shape index (κ3) is 4.09. The Bertz CT molecular complexity index is 466. The lowest BCUT2D eigenvalue weighted by Gasteiger charge is -2.31. The molecule has 0 atom stereocenters. The number of thiazole rings is 1. The summed E-state index contributed by atoms with van der Waals surface area (Å²) in [5, 5.41) is 3.94. The Labute approximate surface area is 130 Å². The fourth-order valence-electron chi connectivity index (χ4n) is 2.77. The topological polar surface area (TPSA) is 71.2 Å². The van der Waals surface area contributed by atoms with Crippen molar-refractivity contribution in [2.24, 2.45) is 5.92 Å². The van der Waals surface area contributed by atoms with Gasteiger partial charge in [0, 0.05) is 19.6 Å². The molecule has 0 radical (unpaired) electrons. The fraction of sp³-hybridized carbons (Fsp3) is 0.733. The SMILES string of the molecule is CCCNc1nc(N)c(C(=O)N2CCC(CCC)CC2)s1. The second kappa shape index (κ2) is 7.64. The van der Waals surface area contributed by atoms with Crippen molar-refractivity contribution in [2.45, 2.75) is 46.0 Å². The summed E-state index contributed by atoms with van der Waals surface area (Å²) in [5.41, 5.74) is 5.91. The van der Waals surface area contributed by atoms with Crippen LogP contribution in [0.4, 0.5) is 10.9 Å². The van der Waals surface area contributed by atoms with Gasteiger partial charge in [0.1, 0.15) is 10.7 Å². The van der Waals surface area contributed by atoms with Gasteiger partial charge in [-0.2, -0.15) is 0 Å². The van der Waals surface area contributed by atoms with E-state index < -0.39 is 0 Å². The molecule has 0 aromatic carbocycles. The van der Waals surface area contributed by atoms with Crippen LogP contribution in [0.25, 0.3) is 0 Å². The van der Waals surface area contributed by atoms with Crippen LogP contribution in [0.15, 0.2) is 0 Å². The van der Waals surface area contributed by atoms with Gasteiger partial charge in [-0.3, -0.25) is 4.79 Å². The summed E-state index contributed by atoms with van der Waals surface area (Å²) in [6.07, 6.45) is 5.74. The first-order valence-corrected chi connectivity index (χ1v) is 8.76. The van der Waals surface area contributed by atoms with Gasteiger partial charge >= 0.3 is 0 Å². The number of nitrogens with one attached hydrogen (secondary N) is 1. The molecular weight excluding hydrogens is 284 g/mol. The Morgan fingerprint density at radius 3 is 2.71 bits per heavy atom. The minimum atomic E-state index is 0.0458. The van der Waals surface area contributed by atoms with E-state index in [1.54, 1.807) is 0 Å². The average molecular weight is 310 g/mol. The predicted molar refractivity (Wildman–Crippen MR) is 88.8 cm³/mol. The molecular formula is C15H26N4OS. The first-order chi connectivity index (χ1) is 10.2. The molecule has 1 aromatic rings. The van der Waals surface area contributed by atoms with E-state index in [0.29, 0.717) is 10.7 Å². The maximum atomic E-state index is 12.6. The summed E-state index contributed by atoms with van der Waals surface area (Å²) in [6.45, 7) is 6.86. The molecule has 1 saturated heterocycles. The third-order valence-corrected chi connectivity index (χ3v) is 4.99. The van der Waals surface area contributed by atoms with Crippen molar-refractivity contribution in [3.63, 3.8) is 0 Å². The number of rotatable bonds is 6. The van der Waals surface area contributed by atoms with Crippen molar-refractivity contribution in [3.8, 4) is 0 Å². The number of hydrogen-bond donors (Lipinski definition) is 2.